The molecule has 0 saturated heterocycles. The molecule has 0 bridgehead atoms. The standard InChI is InChI=1S/C20H18O5/c21-13-1-3-19(23)15-5-9-17(10-6-15)25-18-11-7-16(8-12-18)20(24)4-2-14-22/h5-14H,1-4H2. The lowest BCUT2D eigenvalue weighted by Gasteiger charge is -2.07. The fraction of sp³-hybridized carbons (Fsp3) is 0.200. The van der Waals surface area contributed by atoms with E-state index in [1.807, 2.05) is 0 Å². The van der Waals surface area contributed by atoms with E-state index in [9.17, 15) is 19.2 Å². The van der Waals surface area contributed by atoms with Crippen molar-refractivity contribution >= 4 is 24.1 Å². The number of Topliss-reactive ketones (excluding diaryl/α,β-unsaturated/α-hetero) is 2. The lowest BCUT2D eigenvalue weighted by atomic mass is 10.1. The number of ketones is 2. The quantitative estimate of drug-likeness (QED) is 0.486. The molecule has 0 aromatic heterocycles. The zero-order chi connectivity index (χ0) is 18.1. The van der Waals surface area contributed by atoms with Crippen LogP contribution in [0.1, 0.15) is 46.4 Å². The highest BCUT2D eigenvalue weighted by molar-refractivity contribution is 5.97. The van der Waals surface area contributed by atoms with E-state index in [1.165, 1.54) is 0 Å². The molecule has 2 aromatic rings. The number of carbonyl (C=O) groups is 4. The molecular weight excluding hydrogens is 320 g/mol. The summed E-state index contributed by atoms with van der Waals surface area (Å²) in [6.07, 6.45) is 2.28. The van der Waals surface area contributed by atoms with Gasteiger partial charge in [0, 0.05) is 36.8 Å². The molecular formula is C20H18O5. The minimum absolute atomic E-state index is 0.0863. The van der Waals surface area contributed by atoms with Crippen LogP contribution in [0.15, 0.2) is 48.5 Å². The Morgan fingerprint density at radius 2 is 1.04 bits per heavy atom. The lowest BCUT2D eigenvalue weighted by Crippen LogP contribution is -1.99. The van der Waals surface area contributed by atoms with Crippen molar-refractivity contribution in [1.29, 1.82) is 0 Å². The molecule has 0 heterocycles. The first-order valence-corrected chi connectivity index (χ1v) is 7.95. The van der Waals surface area contributed by atoms with Gasteiger partial charge in [-0.1, -0.05) is 0 Å². The maximum atomic E-state index is 11.8. The predicted octanol–water partition coefficient (Wildman–Crippen LogP) is 3.80. The Hall–Kier alpha value is -3.08. The lowest BCUT2D eigenvalue weighted by molar-refractivity contribution is -0.108. The molecule has 0 aliphatic heterocycles. The Morgan fingerprint density at radius 1 is 0.680 bits per heavy atom. The number of hydrogen-bond donors (Lipinski definition) is 0. The summed E-state index contributed by atoms with van der Waals surface area (Å²) >= 11 is 0. The third-order valence-electron chi connectivity index (χ3n) is 3.57. The van der Waals surface area contributed by atoms with E-state index in [0.29, 0.717) is 22.6 Å². The summed E-state index contributed by atoms with van der Waals surface area (Å²) in [5.41, 5.74) is 1.07. The van der Waals surface area contributed by atoms with Crippen LogP contribution < -0.4 is 4.74 Å². The highest BCUT2D eigenvalue weighted by Gasteiger charge is 2.07. The minimum atomic E-state index is -0.0863. The van der Waals surface area contributed by atoms with E-state index < -0.39 is 0 Å². The maximum absolute atomic E-state index is 11.8. The van der Waals surface area contributed by atoms with Crippen molar-refractivity contribution in [2.45, 2.75) is 25.7 Å². The van der Waals surface area contributed by atoms with Crippen molar-refractivity contribution in [3.8, 4) is 11.5 Å². The summed E-state index contributed by atoms with van der Waals surface area (Å²) in [6.45, 7) is 0. The van der Waals surface area contributed by atoms with Gasteiger partial charge in [-0.25, -0.2) is 0 Å². The number of hydrogen-bond acceptors (Lipinski definition) is 5. The molecule has 0 fully saturated rings. The van der Waals surface area contributed by atoms with Crippen LogP contribution >= 0.6 is 0 Å². The number of aldehydes is 2. The summed E-state index contributed by atoms with van der Waals surface area (Å²) in [6, 6.07) is 13.3. The molecule has 0 aliphatic carbocycles. The first kappa shape index (κ1) is 18.3. The fourth-order valence-corrected chi connectivity index (χ4v) is 2.22. The highest BCUT2D eigenvalue weighted by atomic mass is 16.5. The molecule has 2 aromatic carbocycles. The van der Waals surface area contributed by atoms with Crippen LogP contribution in [0.25, 0.3) is 0 Å². The molecule has 0 saturated carbocycles. The molecule has 0 amide bonds. The van der Waals surface area contributed by atoms with Crippen molar-refractivity contribution < 1.29 is 23.9 Å². The Bertz CT molecular complexity index is 679. The Labute approximate surface area is 145 Å². The highest BCUT2D eigenvalue weighted by Crippen LogP contribution is 2.23. The second-order valence-electron chi connectivity index (χ2n) is 5.41. The molecule has 0 N–H and O–H groups in total. The van der Waals surface area contributed by atoms with Crippen LogP contribution in [-0.4, -0.2) is 24.1 Å². The molecule has 25 heavy (non-hydrogen) atoms. The van der Waals surface area contributed by atoms with E-state index >= 15 is 0 Å². The predicted molar refractivity (Wildman–Crippen MR) is 92.2 cm³/mol. The fourth-order valence-electron chi connectivity index (χ4n) is 2.22. The average Bonchev–Trinajstić information content (AvgIpc) is 2.65. The Balaban J connectivity index is 1.97. The van der Waals surface area contributed by atoms with E-state index in [-0.39, 0.29) is 37.2 Å². The van der Waals surface area contributed by atoms with Crippen LogP contribution in [0.4, 0.5) is 0 Å². The summed E-state index contributed by atoms with van der Waals surface area (Å²) < 4.78 is 5.68. The van der Waals surface area contributed by atoms with Crippen LogP contribution in [0.3, 0.4) is 0 Å². The van der Waals surface area contributed by atoms with E-state index in [2.05, 4.69) is 0 Å². The zero-order valence-electron chi connectivity index (χ0n) is 13.6. The van der Waals surface area contributed by atoms with Gasteiger partial charge in [0.25, 0.3) is 0 Å². The zero-order valence-corrected chi connectivity index (χ0v) is 13.6. The first-order valence-electron chi connectivity index (χ1n) is 7.95. The van der Waals surface area contributed by atoms with Crippen LogP contribution in [0.2, 0.25) is 0 Å². The van der Waals surface area contributed by atoms with Gasteiger partial charge in [0.05, 0.1) is 0 Å². The van der Waals surface area contributed by atoms with Gasteiger partial charge in [-0.3, -0.25) is 9.59 Å². The van der Waals surface area contributed by atoms with Gasteiger partial charge in [0.15, 0.2) is 11.6 Å². The molecule has 0 unspecified atom stereocenters. The molecule has 5 heteroatoms. The third kappa shape index (κ3) is 5.49. The topological polar surface area (TPSA) is 77.5 Å². The average molecular weight is 338 g/mol. The Morgan fingerprint density at radius 3 is 1.36 bits per heavy atom. The van der Waals surface area contributed by atoms with Gasteiger partial charge < -0.3 is 14.3 Å². The van der Waals surface area contributed by atoms with E-state index in [0.717, 1.165) is 12.6 Å². The van der Waals surface area contributed by atoms with Gasteiger partial charge in [-0.2, -0.15) is 0 Å². The van der Waals surface area contributed by atoms with Crippen molar-refractivity contribution in [2.24, 2.45) is 0 Å². The van der Waals surface area contributed by atoms with Gasteiger partial charge in [0.1, 0.15) is 24.1 Å². The van der Waals surface area contributed by atoms with Gasteiger partial charge in [-0.05, 0) is 48.5 Å². The van der Waals surface area contributed by atoms with Crippen LogP contribution in [0.5, 0.6) is 11.5 Å². The number of rotatable bonds is 10. The smallest absolute Gasteiger partial charge is 0.163 e. The Kier molecular flexibility index (Phi) is 6.77. The van der Waals surface area contributed by atoms with Gasteiger partial charge in [0.2, 0.25) is 0 Å². The largest absolute Gasteiger partial charge is 0.457 e. The molecule has 0 aliphatic rings. The molecule has 0 atom stereocenters. The summed E-state index contributed by atoms with van der Waals surface area (Å²) in [7, 11) is 0. The van der Waals surface area contributed by atoms with Crippen molar-refractivity contribution in [3.05, 3.63) is 59.7 Å². The van der Waals surface area contributed by atoms with Crippen LogP contribution in [0, 0.1) is 0 Å². The van der Waals surface area contributed by atoms with Gasteiger partial charge >= 0.3 is 0 Å². The normalized spacial score (nSPS) is 10.1. The number of benzene rings is 2. The third-order valence-corrected chi connectivity index (χ3v) is 3.57. The summed E-state index contributed by atoms with van der Waals surface area (Å²) in [4.78, 5) is 44.2. The molecule has 5 nitrogen and oxygen atoms in total. The second kappa shape index (κ2) is 9.27. The van der Waals surface area contributed by atoms with Crippen LogP contribution in [-0.2, 0) is 9.59 Å². The first-order chi connectivity index (χ1) is 12.1. The van der Waals surface area contributed by atoms with Crippen molar-refractivity contribution in [1.82, 2.24) is 0 Å². The number of carbonyl (C=O) groups excluding carboxylic acids is 4. The van der Waals surface area contributed by atoms with Gasteiger partial charge in [-0.15, -0.1) is 0 Å². The summed E-state index contributed by atoms with van der Waals surface area (Å²) in [5, 5.41) is 0. The van der Waals surface area contributed by atoms with E-state index in [1.54, 1.807) is 48.5 Å². The van der Waals surface area contributed by atoms with Crippen molar-refractivity contribution in [2.75, 3.05) is 0 Å². The number of ether oxygens (including phenoxy) is 1. The molecule has 0 spiro atoms. The van der Waals surface area contributed by atoms with E-state index in [4.69, 9.17) is 4.74 Å². The van der Waals surface area contributed by atoms with Crippen molar-refractivity contribution in [3.63, 3.8) is 0 Å². The SMILES string of the molecule is O=CCCC(=O)c1ccc(Oc2ccc(C(=O)CCC=O)cc2)cc1. The second-order valence-corrected chi connectivity index (χ2v) is 5.41. The molecule has 128 valence electrons. The molecule has 2 rings (SSSR count). The maximum Gasteiger partial charge on any atom is 0.163 e. The monoisotopic (exact) mass is 338 g/mol. The molecule has 0 radical (unpaired) electrons. The minimum Gasteiger partial charge on any atom is -0.457 e. The summed E-state index contributed by atoms with van der Waals surface area (Å²) in [5.74, 6) is 0.951.